The number of piperidine rings is 1. The molecule has 0 aromatic heterocycles. The number of likely N-dealkylation sites (tertiary alicyclic amines) is 1. The van der Waals surface area contributed by atoms with Crippen LogP contribution in [0.4, 0.5) is 0 Å². The lowest BCUT2D eigenvalue weighted by Crippen LogP contribution is -2.50. The van der Waals surface area contributed by atoms with Crippen molar-refractivity contribution in [2.24, 2.45) is 5.73 Å². The number of hydrogen-bond acceptors (Lipinski definition) is 4. The van der Waals surface area contributed by atoms with Gasteiger partial charge in [0, 0.05) is 25.2 Å². The number of nitrogens with zero attached hydrogens (tertiary/aromatic N) is 1. The van der Waals surface area contributed by atoms with Crippen LogP contribution >= 0.6 is 24.8 Å². The summed E-state index contributed by atoms with van der Waals surface area (Å²) < 4.78 is 0. The topological polar surface area (TPSA) is 87.5 Å². The Bertz CT molecular complexity index is 531. The van der Waals surface area contributed by atoms with Crippen molar-refractivity contribution in [2.45, 2.75) is 38.4 Å². The molecule has 0 aliphatic carbocycles. The summed E-state index contributed by atoms with van der Waals surface area (Å²) in [5, 5.41) is 5.48. The van der Waals surface area contributed by atoms with Gasteiger partial charge in [-0.1, -0.05) is 30.3 Å². The third-order valence-corrected chi connectivity index (χ3v) is 4.24. The van der Waals surface area contributed by atoms with Crippen LogP contribution in [0.2, 0.25) is 0 Å². The molecule has 2 rings (SSSR count). The quantitative estimate of drug-likeness (QED) is 0.677. The van der Waals surface area contributed by atoms with E-state index in [1.165, 1.54) is 5.56 Å². The van der Waals surface area contributed by atoms with E-state index in [4.69, 9.17) is 5.73 Å². The number of rotatable bonds is 6. The van der Waals surface area contributed by atoms with Gasteiger partial charge in [-0.05, 0) is 25.3 Å². The molecule has 1 aliphatic heterocycles. The van der Waals surface area contributed by atoms with Crippen molar-refractivity contribution in [3.63, 3.8) is 0 Å². The van der Waals surface area contributed by atoms with Crippen LogP contribution in [0.15, 0.2) is 30.3 Å². The van der Waals surface area contributed by atoms with Crippen LogP contribution in [-0.2, 0) is 16.1 Å². The summed E-state index contributed by atoms with van der Waals surface area (Å²) in [6.07, 6.45) is 1.84. The van der Waals surface area contributed by atoms with Crippen LogP contribution in [0.5, 0.6) is 0 Å². The molecule has 1 saturated heterocycles. The van der Waals surface area contributed by atoms with Crippen molar-refractivity contribution in [3.05, 3.63) is 35.9 Å². The molecule has 25 heavy (non-hydrogen) atoms. The summed E-state index contributed by atoms with van der Waals surface area (Å²) in [5.41, 5.74) is 6.50. The summed E-state index contributed by atoms with van der Waals surface area (Å²) >= 11 is 0. The third-order valence-electron chi connectivity index (χ3n) is 4.24. The van der Waals surface area contributed by atoms with Crippen molar-refractivity contribution in [3.8, 4) is 0 Å². The van der Waals surface area contributed by atoms with Gasteiger partial charge < -0.3 is 16.4 Å². The van der Waals surface area contributed by atoms with E-state index < -0.39 is 0 Å². The molecule has 1 aromatic carbocycles. The van der Waals surface area contributed by atoms with Crippen molar-refractivity contribution < 1.29 is 9.59 Å². The average Bonchev–Trinajstić information content (AvgIpc) is 2.56. The average molecular weight is 391 g/mol. The third kappa shape index (κ3) is 8.05. The maximum absolute atomic E-state index is 11.8. The molecule has 2 unspecified atom stereocenters. The van der Waals surface area contributed by atoms with Gasteiger partial charge >= 0.3 is 0 Å². The van der Waals surface area contributed by atoms with E-state index >= 15 is 0 Å². The Morgan fingerprint density at radius 1 is 1.20 bits per heavy atom. The number of benzene rings is 1. The van der Waals surface area contributed by atoms with Crippen LogP contribution in [0, 0.1) is 0 Å². The Hall–Kier alpha value is -1.34. The Balaban J connectivity index is 0.00000288. The van der Waals surface area contributed by atoms with Gasteiger partial charge in [0.05, 0.1) is 13.1 Å². The largest absolute Gasteiger partial charge is 0.352 e. The molecule has 1 fully saturated rings. The summed E-state index contributed by atoms with van der Waals surface area (Å²) in [5.74, 6) is -0.466. The van der Waals surface area contributed by atoms with Crippen LogP contribution in [0.25, 0.3) is 0 Å². The molecule has 4 N–H and O–H groups in total. The highest BCUT2D eigenvalue weighted by atomic mass is 35.5. The number of hydrogen-bond donors (Lipinski definition) is 3. The fourth-order valence-corrected chi connectivity index (χ4v) is 2.93. The molecule has 6 nitrogen and oxygen atoms in total. The molecule has 1 aliphatic rings. The first-order valence-electron chi connectivity index (χ1n) is 8.12. The molecule has 0 spiro atoms. The first-order chi connectivity index (χ1) is 11.1. The van der Waals surface area contributed by atoms with E-state index in [1.807, 2.05) is 6.07 Å². The highest BCUT2D eigenvalue weighted by Crippen LogP contribution is 2.19. The predicted octanol–water partition coefficient (Wildman–Crippen LogP) is 1.07. The zero-order valence-corrected chi connectivity index (χ0v) is 16.1. The summed E-state index contributed by atoms with van der Waals surface area (Å²) in [6, 6.07) is 11.0. The molecule has 1 aromatic rings. The molecule has 2 atom stereocenters. The van der Waals surface area contributed by atoms with Crippen LogP contribution in [0.1, 0.15) is 25.3 Å². The first kappa shape index (κ1) is 23.7. The van der Waals surface area contributed by atoms with E-state index in [1.54, 1.807) is 0 Å². The number of amides is 2. The molecule has 0 saturated carbocycles. The Labute approximate surface area is 161 Å². The van der Waals surface area contributed by atoms with Gasteiger partial charge in [-0.15, -0.1) is 24.8 Å². The van der Waals surface area contributed by atoms with Crippen molar-refractivity contribution in [1.29, 1.82) is 0 Å². The molecular formula is C17H28Cl2N4O2. The first-order valence-corrected chi connectivity index (χ1v) is 8.12. The Morgan fingerprint density at radius 3 is 2.48 bits per heavy atom. The van der Waals surface area contributed by atoms with Gasteiger partial charge in [0.2, 0.25) is 11.8 Å². The lowest BCUT2D eigenvalue weighted by Gasteiger charge is -2.38. The Morgan fingerprint density at radius 2 is 1.88 bits per heavy atom. The standard InChI is InChI=1S/C17H26N4O2.2ClH/c1-13-9-15(20-17(23)11-19-16(22)10-18)7-8-21(13)12-14-5-3-2-4-6-14;;/h2-6,13,15H,7-12,18H2,1H3,(H,19,22)(H,20,23);2*1H. The monoisotopic (exact) mass is 390 g/mol. The van der Waals surface area contributed by atoms with Gasteiger partial charge in [0.25, 0.3) is 0 Å². The maximum atomic E-state index is 11.8. The second-order valence-electron chi connectivity index (χ2n) is 6.07. The van der Waals surface area contributed by atoms with E-state index in [2.05, 4.69) is 46.7 Å². The number of nitrogens with two attached hydrogens (primary N) is 1. The minimum Gasteiger partial charge on any atom is -0.352 e. The van der Waals surface area contributed by atoms with Gasteiger partial charge in [0.1, 0.15) is 0 Å². The normalized spacial score (nSPS) is 19.9. The van der Waals surface area contributed by atoms with Crippen molar-refractivity contribution in [2.75, 3.05) is 19.6 Å². The zero-order chi connectivity index (χ0) is 16.7. The molecule has 0 radical (unpaired) electrons. The second-order valence-corrected chi connectivity index (χ2v) is 6.07. The number of carbonyl (C=O) groups excluding carboxylic acids is 2. The summed E-state index contributed by atoms with van der Waals surface area (Å²) in [4.78, 5) is 25.3. The van der Waals surface area contributed by atoms with Crippen molar-refractivity contribution in [1.82, 2.24) is 15.5 Å². The lowest BCUT2D eigenvalue weighted by atomic mass is 9.97. The van der Waals surface area contributed by atoms with Crippen LogP contribution in [-0.4, -0.2) is 48.4 Å². The van der Waals surface area contributed by atoms with E-state index in [0.717, 1.165) is 25.9 Å². The second kappa shape index (κ2) is 12.1. The predicted molar refractivity (Wildman–Crippen MR) is 104 cm³/mol. The minimum absolute atomic E-state index is 0. The number of halogens is 2. The lowest BCUT2D eigenvalue weighted by molar-refractivity contribution is -0.126. The molecule has 0 bridgehead atoms. The highest BCUT2D eigenvalue weighted by molar-refractivity contribution is 5.86. The van der Waals surface area contributed by atoms with Gasteiger partial charge in [0.15, 0.2) is 0 Å². The summed E-state index contributed by atoms with van der Waals surface area (Å²) in [6.45, 7) is 3.99. The van der Waals surface area contributed by atoms with Gasteiger partial charge in [-0.25, -0.2) is 0 Å². The van der Waals surface area contributed by atoms with E-state index in [9.17, 15) is 9.59 Å². The zero-order valence-electron chi connectivity index (χ0n) is 14.4. The SMILES string of the molecule is CC1CC(NC(=O)CNC(=O)CN)CCN1Cc1ccccc1.Cl.Cl. The smallest absolute Gasteiger partial charge is 0.239 e. The molecular weight excluding hydrogens is 363 g/mol. The molecule has 1 heterocycles. The number of nitrogens with one attached hydrogen (secondary N) is 2. The fourth-order valence-electron chi connectivity index (χ4n) is 2.93. The minimum atomic E-state index is -0.314. The maximum Gasteiger partial charge on any atom is 0.239 e. The van der Waals surface area contributed by atoms with E-state index in [0.29, 0.717) is 6.04 Å². The molecule has 2 amide bonds. The number of carbonyl (C=O) groups is 2. The Kier molecular flexibility index (Phi) is 11.4. The van der Waals surface area contributed by atoms with E-state index in [-0.39, 0.29) is 55.8 Å². The molecule has 142 valence electrons. The molecule has 8 heteroatoms. The highest BCUT2D eigenvalue weighted by Gasteiger charge is 2.26. The van der Waals surface area contributed by atoms with Crippen LogP contribution < -0.4 is 16.4 Å². The summed E-state index contributed by atoms with van der Waals surface area (Å²) in [7, 11) is 0. The van der Waals surface area contributed by atoms with Gasteiger partial charge in [-0.2, -0.15) is 0 Å². The van der Waals surface area contributed by atoms with Gasteiger partial charge in [-0.3, -0.25) is 14.5 Å². The van der Waals surface area contributed by atoms with Crippen LogP contribution in [0.3, 0.4) is 0 Å². The van der Waals surface area contributed by atoms with Crippen molar-refractivity contribution >= 4 is 36.6 Å². The fraction of sp³-hybridized carbons (Fsp3) is 0.529.